The molecule has 1 aromatic rings. The second-order valence-electron chi connectivity index (χ2n) is 5.93. The molecule has 1 rings (SSSR count). The lowest BCUT2D eigenvalue weighted by Gasteiger charge is -2.23. The summed E-state index contributed by atoms with van der Waals surface area (Å²) in [6, 6.07) is 4.91. The van der Waals surface area contributed by atoms with Crippen LogP contribution in [0.3, 0.4) is 0 Å². The summed E-state index contributed by atoms with van der Waals surface area (Å²) < 4.78 is 5.19. The monoisotopic (exact) mass is 398 g/mol. The summed E-state index contributed by atoms with van der Waals surface area (Å²) in [7, 11) is 3.16. The van der Waals surface area contributed by atoms with E-state index in [0.717, 1.165) is 0 Å². The number of anilines is 1. The Morgan fingerprint density at radius 2 is 1.81 bits per heavy atom. The van der Waals surface area contributed by atoms with Crippen molar-refractivity contribution in [1.82, 2.24) is 15.1 Å². The Labute approximate surface area is 164 Å². The quantitative estimate of drug-likeness (QED) is 0.618. The van der Waals surface area contributed by atoms with E-state index in [1.165, 1.54) is 12.0 Å². The summed E-state index contributed by atoms with van der Waals surface area (Å²) in [5.74, 6) is -0.247. The van der Waals surface area contributed by atoms with Crippen LogP contribution in [-0.2, 0) is 14.4 Å². The van der Waals surface area contributed by atoms with E-state index in [1.54, 1.807) is 37.1 Å². The smallest absolute Gasteiger partial charge is 0.239 e. The first-order valence-electron chi connectivity index (χ1n) is 8.67. The minimum Gasteiger partial charge on any atom is -0.495 e. The number of carbonyl (C=O) groups is 3. The summed E-state index contributed by atoms with van der Waals surface area (Å²) in [4.78, 5) is 39.3. The molecule has 0 spiro atoms. The van der Waals surface area contributed by atoms with E-state index in [1.807, 2.05) is 6.92 Å². The van der Waals surface area contributed by atoms with E-state index in [9.17, 15) is 14.4 Å². The van der Waals surface area contributed by atoms with Gasteiger partial charge in [0, 0.05) is 18.1 Å². The van der Waals surface area contributed by atoms with Gasteiger partial charge in [0.25, 0.3) is 0 Å². The minimum atomic E-state index is -0.308. The van der Waals surface area contributed by atoms with Crippen LogP contribution >= 0.6 is 11.6 Å². The highest BCUT2D eigenvalue weighted by Crippen LogP contribution is 2.27. The lowest BCUT2D eigenvalue weighted by molar-refractivity contribution is -0.136. The molecule has 0 radical (unpaired) electrons. The summed E-state index contributed by atoms with van der Waals surface area (Å²) >= 11 is 5.95. The first kappa shape index (κ1) is 22.7. The highest BCUT2D eigenvalue weighted by molar-refractivity contribution is 6.31. The normalized spacial score (nSPS) is 10.4. The molecule has 1 aromatic carbocycles. The van der Waals surface area contributed by atoms with Gasteiger partial charge in [-0.15, -0.1) is 0 Å². The SMILES string of the molecule is CCNC(=O)CN(CC)C(=O)CN(C)CC(=O)Nc1cc(Cl)ccc1OC. The van der Waals surface area contributed by atoms with Crippen molar-refractivity contribution >= 4 is 35.0 Å². The third-order valence-electron chi connectivity index (χ3n) is 3.70. The predicted octanol–water partition coefficient (Wildman–Crippen LogP) is 1.20. The molecular formula is C18H27ClN4O4. The Balaban J connectivity index is 2.58. The molecule has 0 aliphatic rings. The van der Waals surface area contributed by atoms with Gasteiger partial charge in [0.1, 0.15) is 5.75 Å². The Morgan fingerprint density at radius 3 is 2.41 bits per heavy atom. The number of ether oxygens (including phenoxy) is 1. The Bertz CT molecular complexity index is 669. The van der Waals surface area contributed by atoms with Crippen LogP contribution in [0.1, 0.15) is 13.8 Å². The number of halogens is 1. The summed E-state index contributed by atoms with van der Waals surface area (Å²) in [6.07, 6.45) is 0. The van der Waals surface area contributed by atoms with Crippen molar-refractivity contribution in [1.29, 1.82) is 0 Å². The number of nitrogens with zero attached hydrogens (tertiary/aromatic N) is 2. The number of hydrogen-bond acceptors (Lipinski definition) is 5. The van der Waals surface area contributed by atoms with Crippen LogP contribution in [0.5, 0.6) is 5.75 Å². The largest absolute Gasteiger partial charge is 0.495 e. The second-order valence-corrected chi connectivity index (χ2v) is 6.36. The average molecular weight is 399 g/mol. The van der Waals surface area contributed by atoms with Gasteiger partial charge in [-0.3, -0.25) is 19.3 Å². The van der Waals surface area contributed by atoms with Gasteiger partial charge in [0.2, 0.25) is 17.7 Å². The lowest BCUT2D eigenvalue weighted by atomic mass is 10.3. The van der Waals surface area contributed by atoms with E-state index < -0.39 is 0 Å². The van der Waals surface area contributed by atoms with Crippen molar-refractivity contribution in [3.05, 3.63) is 23.2 Å². The second kappa shape index (κ2) is 11.4. The standard InChI is InChI=1S/C18H27ClN4O4/c1-5-20-16(24)11-23(6-2)18(26)12-22(3)10-17(25)21-14-9-13(19)7-8-15(14)27-4/h7-9H,5-6,10-12H2,1-4H3,(H,20,24)(H,21,25). The van der Waals surface area contributed by atoms with Crippen LogP contribution in [0.4, 0.5) is 5.69 Å². The number of methoxy groups -OCH3 is 1. The lowest BCUT2D eigenvalue weighted by Crippen LogP contribution is -2.45. The molecule has 150 valence electrons. The number of amides is 3. The van der Waals surface area contributed by atoms with E-state index in [4.69, 9.17) is 16.3 Å². The third kappa shape index (κ3) is 7.84. The van der Waals surface area contributed by atoms with E-state index >= 15 is 0 Å². The maximum atomic E-state index is 12.3. The molecular weight excluding hydrogens is 372 g/mol. The van der Waals surface area contributed by atoms with Gasteiger partial charge >= 0.3 is 0 Å². The van der Waals surface area contributed by atoms with Crippen LogP contribution < -0.4 is 15.4 Å². The number of carbonyl (C=O) groups excluding carboxylic acids is 3. The number of hydrogen-bond donors (Lipinski definition) is 2. The molecule has 0 fully saturated rings. The molecule has 0 aromatic heterocycles. The van der Waals surface area contributed by atoms with Gasteiger partial charge in [-0.1, -0.05) is 11.6 Å². The molecule has 0 bridgehead atoms. The van der Waals surface area contributed by atoms with E-state index in [2.05, 4.69) is 10.6 Å². The Morgan fingerprint density at radius 1 is 1.11 bits per heavy atom. The molecule has 8 nitrogen and oxygen atoms in total. The van der Waals surface area contributed by atoms with Crippen LogP contribution in [0.25, 0.3) is 0 Å². The first-order chi connectivity index (χ1) is 12.8. The van der Waals surface area contributed by atoms with Crippen molar-refractivity contribution < 1.29 is 19.1 Å². The molecule has 0 saturated carbocycles. The average Bonchev–Trinajstić information content (AvgIpc) is 2.59. The third-order valence-corrected chi connectivity index (χ3v) is 3.93. The van der Waals surface area contributed by atoms with Crippen molar-refractivity contribution in [2.45, 2.75) is 13.8 Å². The van der Waals surface area contributed by atoms with Gasteiger partial charge in [-0.05, 0) is 39.1 Å². The molecule has 0 aliphatic heterocycles. The maximum Gasteiger partial charge on any atom is 0.239 e. The molecule has 0 heterocycles. The van der Waals surface area contributed by atoms with Crippen LogP contribution in [0, 0.1) is 0 Å². The summed E-state index contributed by atoms with van der Waals surface area (Å²) in [6.45, 7) is 4.57. The number of nitrogens with one attached hydrogen (secondary N) is 2. The molecule has 0 atom stereocenters. The minimum absolute atomic E-state index is 0.000117. The zero-order chi connectivity index (χ0) is 20.4. The van der Waals surface area contributed by atoms with Gasteiger partial charge in [0.15, 0.2) is 0 Å². The van der Waals surface area contributed by atoms with Crippen LogP contribution in [0.2, 0.25) is 5.02 Å². The van der Waals surface area contributed by atoms with E-state index in [0.29, 0.717) is 29.5 Å². The fraction of sp³-hybridized carbons (Fsp3) is 0.500. The van der Waals surface area contributed by atoms with Gasteiger partial charge < -0.3 is 20.3 Å². The van der Waals surface area contributed by atoms with Crippen molar-refractivity contribution in [3.63, 3.8) is 0 Å². The van der Waals surface area contributed by atoms with Crippen LogP contribution in [0.15, 0.2) is 18.2 Å². The maximum absolute atomic E-state index is 12.3. The predicted molar refractivity (Wildman–Crippen MR) is 105 cm³/mol. The van der Waals surface area contributed by atoms with Crippen molar-refractivity contribution in [3.8, 4) is 5.75 Å². The molecule has 9 heteroatoms. The molecule has 3 amide bonds. The van der Waals surface area contributed by atoms with Gasteiger partial charge in [-0.2, -0.15) is 0 Å². The number of benzene rings is 1. The molecule has 0 unspecified atom stereocenters. The molecule has 2 N–H and O–H groups in total. The fourth-order valence-corrected chi connectivity index (χ4v) is 2.57. The molecule has 27 heavy (non-hydrogen) atoms. The zero-order valence-electron chi connectivity index (χ0n) is 16.2. The highest BCUT2D eigenvalue weighted by atomic mass is 35.5. The highest BCUT2D eigenvalue weighted by Gasteiger charge is 2.18. The Kier molecular flexibility index (Phi) is 9.60. The molecule has 0 aliphatic carbocycles. The van der Waals surface area contributed by atoms with Crippen LogP contribution in [-0.4, -0.2) is 74.4 Å². The van der Waals surface area contributed by atoms with Crippen molar-refractivity contribution in [2.24, 2.45) is 0 Å². The zero-order valence-corrected chi connectivity index (χ0v) is 16.9. The Hall–Kier alpha value is -2.32. The molecule has 0 saturated heterocycles. The number of rotatable bonds is 10. The summed E-state index contributed by atoms with van der Waals surface area (Å²) in [5, 5.41) is 5.85. The van der Waals surface area contributed by atoms with Gasteiger partial charge in [-0.25, -0.2) is 0 Å². The van der Waals surface area contributed by atoms with E-state index in [-0.39, 0.29) is 37.4 Å². The topological polar surface area (TPSA) is 91.0 Å². The van der Waals surface area contributed by atoms with Crippen molar-refractivity contribution in [2.75, 3.05) is 52.2 Å². The fourth-order valence-electron chi connectivity index (χ4n) is 2.40. The first-order valence-corrected chi connectivity index (χ1v) is 9.04. The van der Waals surface area contributed by atoms with Gasteiger partial charge in [0.05, 0.1) is 32.4 Å². The summed E-state index contributed by atoms with van der Waals surface area (Å²) in [5.41, 5.74) is 0.459. The number of likely N-dealkylation sites (N-methyl/N-ethyl adjacent to an activating group) is 3.